The van der Waals surface area contributed by atoms with E-state index in [-0.39, 0.29) is 17.6 Å². The highest BCUT2D eigenvalue weighted by molar-refractivity contribution is 7.88. The molecule has 0 radical (unpaired) electrons. The lowest BCUT2D eigenvalue weighted by molar-refractivity contribution is 0.407. The second kappa shape index (κ2) is 5.34. The molecule has 4 nitrogen and oxygen atoms in total. The summed E-state index contributed by atoms with van der Waals surface area (Å²) < 4.78 is 39.3. The lowest BCUT2D eigenvalue weighted by Gasteiger charge is -2.13. The minimum absolute atomic E-state index is 0.0135. The molecular weight excluding hydrogens is 255 g/mol. The number of hydrogen-bond donors (Lipinski definition) is 1. The summed E-state index contributed by atoms with van der Waals surface area (Å²) in [4.78, 5) is 2.09. The van der Waals surface area contributed by atoms with Crippen molar-refractivity contribution in [1.29, 1.82) is 0 Å². The first-order valence-electron chi connectivity index (χ1n) is 5.87. The van der Waals surface area contributed by atoms with Gasteiger partial charge in [-0.1, -0.05) is 12.1 Å². The Morgan fingerprint density at radius 1 is 1.39 bits per heavy atom. The van der Waals surface area contributed by atoms with Gasteiger partial charge in [-0.25, -0.2) is 17.5 Å². The van der Waals surface area contributed by atoms with Gasteiger partial charge < -0.3 is 4.90 Å². The molecule has 1 aromatic carbocycles. The van der Waals surface area contributed by atoms with Crippen LogP contribution in [0, 0.1) is 5.82 Å². The Morgan fingerprint density at radius 3 is 2.61 bits per heavy atom. The fourth-order valence-corrected chi connectivity index (χ4v) is 3.54. The molecular formula is C12H17FN2O2S. The molecule has 1 aliphatic heterocycles. The Balaban J connectivity index is 1.97. The number of likely N-dealkylation sites (tertiary alicyclic amines) is 1. The van der Waals surface area contributed by atoms with Crippen LogP contribution in [0.25, 0.3) is 0 Å². The molecule has 0 aromatic heterocycles. The third-order valence-electron chi connectivity index (χ3n) is 3.01. The van der Waals surface area contributed by atoms with Crippen LogP contribution in [0.2, 0.25) is 0 Å². The summed E-state index contributed by atoms with van der Waals surface area (Å²) in [5.41, 5.74) is 0.593. The van der Waals surface area contributed by atoms with Crippen LogP contribution in [0.3, 0.4) is 0 Å². The first-order chi connectivity index (χ1) is 8.44. The zero-order valence-electron chi connectivity index (χ0n) is 10.3. The largest absolute Gasteiger partial charge is 0.305 e. The van der Waals surface area contributed by atoms with E-state index in [0.717, 1.165) is 19.5 Å². The van der Waals surface area contributed by atoms with Crippen molar-refractivity contribution in [2.24, 2.45) is 0 Å². The number of rotatable bonds is 4. The highest BCUT2D eigenvalue weighted by Crippen LogP contribution is 2.11. The van der Waals surface area contributed by atoms with Gasteiger partial charge in [0.15, 0.2) is 0 Å². The maximum absolute atomic E-state index is 12.7. The molecule has 1 aliphatic rings. The van der Waals surface area contributed by atoms with Crippen LogP contribution >= 0.6 is 0 Å². The van der Waals surface area contributed by atoms with Gasteiger partial charge in [0, 0.05) is 12.6 Å². The molecule has 0 aliphatic carbocycles. The van der Waals surface area contributed by atoms with E-state index in [4.69, 9.17) is 0 Å². The van der Waals surface area contributed by atoms with Crippen molar-refractivity contribution in [3.63, 3.8) is 0 Å². The van der Waals surface area contributed by atoms with E-state index < -0.39 is 10.0 Å². The van der Waals surface area contributed by atoms with Crippen LogP contribution in [-0.4, -0.2) is 39.5 Å². The van der Waals surface area contributed by atoms with Crippen LogP contribution in [0.15, 0.2) is 24.3 Å². The molecule has 1 saturated heterocycles. The normalized spacial score (nSPS) is 21.3. The molecule has 1 fully saturated rings. The molecule has 1 aromatic rings. The predicted octanol–water partition coefficient (Wildman–Crippen LogP) is 0.949. The maximum atomic E-state index is 12.7. The van der Waals surface area contributed by atoms with E-state index in [9.17, 15) is 12.8 Å². The summed E-state index contributed by atoms with van der Waals surface area (Å²) in [5.74, 6) is -0.463. The van der Waals surface area contributed by atoms with Gasteiger partial charge in [0.2, 0.25) is 10.0 Å². The van der Waals surface area contributed by atoms with Gasteiger partial charge in [0.25, 0.3) is 0 Å². The minimum Gasteiger partial charge on any atom is -0.305 e. The van der Waals surface area contributed by atoms with Crippen LogP contribution in [0.4, 0.5) is 4.39 Å². The van der Waals surface area contributed by atoms with Crippen molar-refractivity contribution in [3.05, 3.63) is 35.6 Å². The van der Waals surface area contributed by atoms with E-state index in [1.54, 1.807) is 0 Å². The fourth-order valence-electron chi connectivity index (χ4n) is 2.13. The Labute approximate surface area is 107 Å². The summed E-state index contributed by atoms with van der Waals surface area (Å²) in [6, 6.07) is 5.52. The summed E-state index contributed by atoms with van der Waals surface area (Å²) >= 11 is 0. The van der Waals surface area contributed by atoms with Gasteiger partial charge in [0.05, 0.1) is 5.75 Å². The van der Waals surface area contributed by atoms with Gasteiger partial charge in [-0.3, -0.25) is 0 Å². The lowest BCUT2D eigenvalue weighted by atomic mass is 10.2. The smallest absolute Gasteiger partial charge is 0.216 e. The highest BCUT2D eigenvalue weighted by atomic mass is 32.2. The average Bonchev–Trinajstić information content (AvgIpc) is 2.66. The zero-order chi connectivity index (χ0) is 13.2. The number of hydrogen-bond acceptors (Lipinski definition) is 3. The average molecular weight is 272 g/mol. The number of nitrogens with zero attached hydrogens (tertiary/aromatic N) is 1. The van der Waals surface area contributed by atoms with E-state index in [1.165, 1.54) is 24.3 Å². The molecule has 6 heteroatoms. The van der Waals surface area contributed by atoms with Gasteiger partial charge in [-0.05, 0) is 37.7 Å². The van der Waals surface area contributed by atoms with E-state index in [0.29, 0.717) is 5.56 Å². The maximum Gasteiger partial charge on any atom is 0.216 e. The Hall–Kier alpha value is -0.980. The SMILES string of the molecule is CN1CCC(NS(=O)(=O)Cc2ccc(F)cc2)C1. The Bertz CT molecular complexity index is 501. The summed E-state index contributed by atoms with van der Waals surface area (Å²) in [6.07, 6.45) is 0.832. The number of halogens is 1. The molecule has 18 heavy (non-hydrogen) atoms. The van der Waals surface area contributed by atoms with Crippen LogP contribution in [0.5, 0.6) is 0 Å². The second-order valence-corrected chi connectivity index (χ2v) is 6.51. The fraction of sp³-hybridized carbons (Fsp3) is 0.500. The van der Waals surface area contributed by atoms with Crippen molar-refractivity contribution in [2.45, 2.75) is 18.2 Å². The van der Waals surface area contributed by atoms with Crippen LogP contribution in [-0.2, 0) is 15.8 Å². The highest BCUT2D eigenvalue weighted by Gasteiger charge is 2.24. The molecule has 0 bridgehead atoms. The first kappa shape index (κ1) is 13.5. The van der Waals surface area contributed by atoms with Gasteiger partial charge >= 0.3 is 0 Å². The molecule has 100 valence electrons. The molecule has 0 amide bonds. The molecule has 1 atom stereocenters. The number of likely N-dealkylation sites (N-methyl/N-ethyl adjacent to an activating group) is 1. The second-order valence-electron chi connectivity index (χ2n) is 4.75. The molecule has 0 spiro atoms. The van der Waals surface area contributed by atoms with E-state index in [2.05, 4.69) is 9.62 Å². The van der Waals surface area contributed by atoms with Crippen LogP contribution < -0.4 is 4.72 Å². The molecule has 0 saturated carbocycles. The summed E-state index contributed by atoms with van der Waals surface area (Å²) in [7, 11) is -1.39. The quantitative estimate of drug-likeness (QED) is 0.888. The van der Waals surface area contributed by atoms with Crippen molar-refractivity contribution in [1.82, 2.24) is 9.62 Å². The van der Waals surface area contributed by atoms with Crippen molar-refractivity contribution in [3.8, 4) is 0 Å². The first-order valence-corrected chi connectivity index (χ1v) is 7.53. The minimum atomic E-state index is -3.35. The predicted molar refractivity (Wildman–Crippen MR) is 68.1 cm³/mol. The van der Waals surface area contributed by atoms with Crippen LogP contribution in [0.1, 0.15) is 12.0 Å². The van der Waals surface area contributed by atoms with Gasteiger partial charge in [-0.2, -0.15) is 0 Å². The molecule has 1 unspecified atom stereocenters. The standard InChI is InChI=1S/C12H17FN2O2S/c1-15-7-6-12(8-15)14-18(16,17)9-10-2-4-11(13)5-3-10/h2-5,12,14H,6-9H2,1H3. The Morgan fingerprint density at radius 2 is 2.06 bits per heavy atom. The number of nitrogens with one attached hydrogen (secondary N) is 1. The number of sulfonamides is 1. The third-order valence-corrected chi connectivity index (χ3v) is 4.41. The van der Waals surface area contributed by atoms with E-state index >= 15 is 0 Å². The third kappa shape index (κ3) is 3.76. The van der Waals surface area contributed by atoms with Gasteiger partial charge in [-0.15, -0.1) is 0 Å². The molecule has 2 rings (SSSR count). The lowest BCUT2D eigenvalue weighted by Crippen LogP contribution is -2.37. The number of benzene rings is 1. The molecule has 1 heterocycles. The summed E-state index contributed by atoms with van der Waals surface area (Å²) in [6.45, 7) is 1.65. The monoisotopic (exact) mass is 272 g/mol. The topological polar surface area (TPSA) is 49.4 Å². The van der Waals surface area contributed by atoms with Crippen molar-refractivity contribution < 1.29 is 12.8 Å². The van der Waals surface area contributed by atoms with Gasteiger partial charge in [0.1, 0.15) is 5.82 Å². The Kier molecular flexibility index (Phi) is 3.99. The van der Waals surface area contributed by atoms with E-state index in [1.807, 2.05) is 7.05 Å². The summed E-state index contributed by atoms with van der Waals surface area (Å²) in [5, 5.41) is 0. The van der Waals surface area contributed by atoms with Crippen molar-refractivity contribution in [2.75, 3.05) is 20.1 Å². The zero-order valence-corrected chi connectivity index (χ0v) is 11.1. The van der Waals surface area contributed by atoms with Crippen molar-refractivity contribution >= 4 is 10.0 Å². The molecule has 1 N–H and O–H groups in total.